The molecule has 0 amide bonds. The zero-order valence-corrected chi connectivity index (χ0v) is 34.7. The molecule has 10 rings (SSSR count). The third-order valence-electron chi connectivity index (χ3n) is 10.0. The maximum Gasteiger partial charge on any atom is 2.00 e. The average Bonchev–Trinajstić information content (AvgIpc) is 3.92. The Morgan fingerprint density at radius 3 is 0.764 bits per heavy atom. The number of nitrogens with zero attached hydrogens (tertiary/aromatic N) is 10. The molecular weight excluding hydrogens is 734 g/mol. The van der Waals surface area contributed by atoms with Crippen molar-refractivity contribution < 1.29 is 19.5 Å². The Kier molecular flexibility index (Phi) is 9.19. The molecule has 0 aliphatic heterocycles. The smallest absolute Gasteiger partial charge is 0.326 e. The first-order valence-electron chi connectivity index (χ1n) is 17.9. The van der Waals surface area contributed by atoms with Crippen LogP contribution in [0.4, 0.5) is 0 Å². The summed E-state index contributed by atoms with van der Waals surface area (Å²) in [6.45, 7) is 4.17. The molecule has 0 radical (unpaired) electrons. The molecule has 0 aliphatic carbocycles. The van der Waals surface area contributed by atoms with Crippen LogP contribution in [0.25, 0.3) is 90.2 Å². The van der Waals surface area contributed by atoms with E-state index in [4.69, 9.17) is 29.9 Å². The van der Waals surface area contributed by atoms with Gasteiger partial charge in [-0.1, -0.05) is 48.5 Å². The van der Waals surface area contributed by atoms with Crippen molar-refractivity contribution in [1.29, 1.82) is 0 Å². The van der Waals surface area contributed by atoms with E-state index < -0.39 is 0 Å². The Morgan fingerprint density at radius 2 is 0.545 bits per heavy atom. The maximum absolute atomic E-state index is 4.92. The van der Waals surface area contributed by atoms with Crippen molar-refractivity contribution in [2.24, 2.45) is 28.2 Å². The molecule has 0 bridgehead atoms. The Bertz CT molecular complexity index is 2630. The van der Waals surface area contributed by atoms with Crippen molar-refractivity contribution >= 4 is 44.1 Å². The van der Waals surface area contributed by atoms with Crippen LogP contribution in [0.3, 0.4) is 0 Å². The SMILES string of the molecule is Cc1cc(-c2nc3ccccc3n2C)nc(-c2nc3ccccc3n2C)c1.Cc1cc(-c2nc3ccccc3n2C)nc(-c2nc3ccccc3n2C)c1.[Zn+2]. The summed E-state index contributed by atoms with van der Waals surface area (Å²) in [5, 5.41) is 0. The molecule has 0 saturated carbocycles. The van der Waals surface area contributed by atoms with E-state index in [9.17, 15) is 0 Å². The third-order valence-corrected chi connectivity index (χ3v) is 10.0. The van der Waals surface area contributed by atoms with Crippen LogP contribution >= 0.6 is 0 Å². The number of aromatic nitrogens is 10. The number of hydrogen-bond acceptors (Lipinski definition) is 6. The van der Waals surface area contributed by atoms with Gasteiger partial charge in [0.1, 0.15) is 22.8 Å². The molecule has 0 spiro atoms. The van der Waals surface area contributed by atoms with E-state index in [0.717, 1.165) is 101 Å². The monoisotopic (exact) mass is 770 g/mol. The molecule has 55 heavy (non-hydrogen) atoms. The zero-order valence-electron chi connectivity index (χ0n) is 31.7. The molecule has 0 N–H and O–H groups in total. The molecule has 6 aromatic heterocycles. The van der Waals surface area contributed by atoms with Gasteiger partial charge in [-0.25, -0.2) is 29.9 Å². The summed E-state index contributed by atoms with van der Waals surface area (Å²) in [6, 6.07) is 40.9. The van der Waals surface area contributed by atoms with E-state index in [-0.39, 0.29) is 19.5 Å². The fourth-order valence-electron chi connectivity index (χ4n) is 7.29. The van der Waals surface area contributed by atoms with Crippen LogP contribution in [0.1, 0.15) is 11.1 Å². The number of hydrogen-bond donors (Lipinski definition) is 0. The molecule has 10 nitrogen and oxygen atoms in total. The minimum absolute atomic E-state index is 0. The van der Waals surface area contributed by atoms with Crippen LogP contribution in [0.5, 0.6) is 0 Å². The maximum atomic E-state index is 4.92. The normalized spacial score (nSPS) is 11.3. The van der Waals surface area contributed by atoms with Crippen molar-refractivity contribution in [3.05, 3.63) is 132 Å². The second kappa shape index (κ2) is 14.2. The quantitative estimate of drug-likeness (QED) is 0.166. The van der Waals surface area contributed by atoms with Gasteiger partial charge in [0.05, 0.1) is 44.1 Å². The minimum atomic E-state index is 0. The van der Waals surface area contributed by atoms with Gasteiger partial charge in [-0.15, -0.1) is 0 Å². The Labute approximate surface area is 331 Å². The Morgan fingerprint density at radius 1 is 0.327 bits per heavy atom. The molecular formula is C44H38N10Zn+2. The summed E-state index contributed by atoms with van der Waals surface area (Å²) < 4.78 is 8.37. The Balaban J connectivity index is 0.000000153. The van der Waals surface area contributed by atoms with Gasteiger partial charge in [-0.2, -0.15) is 0 Å². The number of pyridine rings is 2. The van der Waals surface area contributed by atoms with Crippen molar-refractivity contribution in [3.8, 4) is 46.1 Å². The first-order chi connectivity index (χ1) is 26.2. The predicted octanol–water partition coefficient (Wildman–Crippen LogP) is 8.99. The van der Waals surface area contributed by atoms with Gasteiger partial charge in [0, 0.05) is 28.2 Å². The largest absolute Gasteiger partial charge is 2.00 e. The molecule has 11 heteroatoms. The van der Waals surface area contributed by atoms with E-state index in [1.807, 2.05) is 101 Å². The predicted molar refractivity (Wildman–Crippen MR) is 217 cm³/mol. The Hall–Kier alpha value is -6.32. The number of para-hydroxylation sites is 8. The summed E-state index contributed by atoms with van der Waals surface area (Å²) in [7, 11) is 8.12. The third kappa shape index (κ3) is 6.30. The van der Waals surface area contributed by atoms with Crippen LogP contribution in [0, 0.1) is 13.8 Å². The van der Waals surface area contributed by atoms with Crippen molar-refractivity contribution in [2.45, 2.75) is 13.8 Å². The van der Waals surface area contributed by atoms with Gasteiger partial charge in [0.25, 0.3) is 0 Å². The molecule has 264 valence electrons. The standard InChI is InChI=1S/2C22H19N5.Zn/c2*1-14-12-17(21-24-15-8-4-6-10-19(15)26(21)2)23-18(13-14)22-25-16-9-5-7-11-20(16)27(22)3;/h2*4-13H,1-3H3;/q;;+2. The topological polar surface area (TPSA) is 97.1 Å². The number of rotatable bonds is 4. The second-order valence-electron chi connectivity index (χ2n) is 13.8. The first kappa shape index (κ1) is 35.7. The van der Waals surface area contributed by atoms with Gasteiger partial charge in [0.2, 0.25) is 0 Å². The molecule has 0 aliphatic rings. The van der Waals surface area contributed by atoms with Gasteiger partial charge < -0.3 is 18.3 Å². The zero-order chi connectivity index (χ0) is 37.1. The summed E-state index contributed by atoms with van der Waals surface area (Å²) in [5.74, 6) is 3.44. The van der Waals surface area contributed by atoms with Crippen molar-refractivity contribution in [2.75, 3.05) is 0 Å². The second-order valence-corrected chi connectivity index (χ2v) is 13.8. The number of benzene rings is 4. The number of aryl methyl sites for hydroxylation is 6. The van der Waals surface area contributed by atoms with E-state index in [0.29, 0.717) is 0 Å². The van der Waals surface area contributed by atoms with Crippen LogP contribution in [0.15, 0.2) is 121 Å². The molecule has 0 saturated heterocycles. The van der Waals surface area contributed by atoms with Gasteiger partial charge >= 0.3 is 19.5 Å². The summed E-state index contributed by atoms with van der Waals surface area (Å²) >= 11 is 0. The molecule has 10 aromatic rings. The molecule has 4 aromatic carbocycles. The molecule has 0 atom stereocenters. The van der Waals surface area contributed by atoms with E-state index in [1.165, 1.54) is 0 Å². The van der Waals surface area contributed by atoms with Crippen molar-refractivity contribution in [3.63, 3.8) is 0 Å². The fraction of sp³-hybridized carbons (Fsp3) is 0.136. The molecule has 0 unspecified atom stereocenters. The summed E-state index contributed by atoms with van der Waals surface area (Å²) in [4.78, 5) is 29.0. The van der Waals surface area contributed by atoms with Crippen LogP contribution < -0.4 is 0 Å². The van der Waals surface area contributed by atoms with Gasteiger partial charge in [-0.3, -0.25) is 0 Å². The fourth-order valence-corrected chi connectivity index (χ4v) is 7.29. The molecule has 6 heterocycles. The summed E-state index contributed by atoms with van der Waals surface area (Å²) in [5.41, 5.74) is 14.0. The summed E-state index contributed by atoms with van der Waals surface area (Å²) in [6.07, 6.45) is 0. The van der Waals surface area contributed by atoms with Crippen molar-refractivity contribution in [1.82, 2.24) is 48.2 Å². The van der Waals surface area contributed by atoms with E-state index in [1.54, 1.807) is 0 Å². The van der Waals surface area contributed by atoms with E-state index >= 15 is 0 Å². The first-order valence-corrected chi connectivity index (χ1v) is 17.9. The van der Waals surface area contributed by atoms with Gasteiger partial charge in [0.15, 0.2) is 23.3 Å². The van der Waals surface area contributed by atoms with Crippen LogP contribution in [-0.2, 0) is 47.7 Å². The minimum Gasteiger partial charge on any atom is -0.326 e. The van der Waals surface area contributed by atoms with Crippen LogP contribution in [-0.4, -0.2) is 48.2 Å². The van der Waals surface area contributed by atoms with E-state index in [2.05, 4.69) is 80.6 Å². The van der Waals surface area contributed by atoms with Gasteiger partial charge in [-0.05, 0) is 97.8 Å². The number of fused-ring (bicyclic) bond motifs is 4. The average molecular weight is 772 g/mol. The van der Waals surface area contributed by atoms with Crippen LogP contribution in [0.2, 0.25) is 0 Å². The number of imidazole rings is 4. The molecule has 0 fully saturated rings.